The summed E-state index contributed by atoms with van der Waals surface area (Å²) in [6, 6.07) is 2.27. The number of nitrogens with one attached hydrogen (secondary N) is 1. The molecule has 0 aliphatic carbocycles. The molecule has 0 saturated carbocycles. The first-order valence-corrected chi connectivity index (χ1v) is 9.35. The van der Waals surface area contributed by atoms with E-state index < -0.39 is 5.79 Å². The quantitative estimate of drug-likeness (QED) is 0.918. The Bertz CT molecular complexity index is 514. The molecular formula is C17H26N2O3S. The van der Waals surface area contributed by atoms with Crippen molar-refractivity contribution in [1.29, 1.82) is 0 Å². The van der Waals surface area contributed by atoms with Crippen molar-refractivity contribution < 1.29 is 14.3 Å². The summed E-state index contributed by atoms with van der Waals surface area (Å²) < 4.78 is 11.6. The van der Waals surface area contributed by atoms with Crippen molar-refractivity contribution in [3.8, 4) is 0 Å². The Morgan fingerprint density at radius 3 is 3.00 bits per heavy atom. The molecule has 1 N–H and O–H groups in total. The van der Waals surface area contributed by atoms with Gasteiger partial charge in [0.25, 0.3) is 0 Å². The highest BCUT2D eigenvalue weighted by atomic mass is 32.1. The summed E-state index contributed by atoms with van der Waals surface area (Å²) >= 11 is 1.69. The van der Waals surface area contributed by atoms with Crippen molar-refractivity contribution in [1.82, 2.24) is 10.2 Å². The molecule has 3 rings (SSSR count). The molecule has 3 heterocycles. The van der Waals surface area contributed by atoms with Crippen LogP contribution in [0.15, 0.2) is 16.8 Å². The van der Waals surface area contributed by atoms with E-state index in [1.807, 2.05) is 11.8 Å². The van der Waals surface area contributed by atoms with E-state index in [4.69, 9.17) is 9.47 Å². The van der Waals surface area contributed by atoms with Crippen molar-refractivity contribution in [2.24, 2.45) is 5.92 Å². The molecule has 23 heavy (non-hydrogen) atoms. The van der Waals surface area contributed by atoms with Crippen molar-refractivity contribution in [3.05, 3.63) is 22.4 Å². The second kappa shape index (κ2) is 7.20. The number of amides is 2. The van der Waals surface area contributed by atoms with E-state index in [1.165, 1.54) is 5.56 Å². The van der Waals surface area contributed by atoms with E-state index in [1.54, 1.807) is 11.3 Å². The molecule has 2 amide bonds. The topological polar surface area (TPSA) is 50.8 Å². The van der Waals surface area contributed by atoms with Gasteiger partial charge in [-0.2, -0.15) is 11.3 Å². The second-order valence-corrected chi connectivity index (χ2v) is 7.46. The number of nitrogens with zero attached hydrogens (tertiary/aromatic N) is 1. The van der Waals surface area contributed by atoms with E-state index in [9.17, 15) is 4.79 Å². The third-order valence-corrected chi connectivity index (χ3v) is 5.53. The van der Waals surface area contributed by atoms with Crippen LogP contribution in [0.1, 0.15) is 32.3 Å². The minimum absolute atomic E-state index is 0.0269. The molecular weight excluding hydrogens is 312 g/mol. The average molecular weight is 338 g/mol. The number of thiophene rings is 1. The molecule has 2 fully saturated rings. The highest BCUT2D eigenvalue weighted by Gasteiger charge is 2.42. The smallest absolute Gasteiger partial charge is 0.317 e. The van der Waals surface area contributed by atoms with Crippen molar-refractivity contribution in [2.75, 3.05) is 26.3 Å². The van der Waals surface area contributed by atoms with Crippen LogP contribution in [-0.2, 0) is 15.9 Å². The normalized spacial score (nSPS) is 25.3. The van der Waals surface area contributed by atoms with Gasteiger partial charge in [0.15, 0.2) is 5.79 Å². The summed E-state index contributed by atoms with van der Waals surface area (Å²) in [6.07, 6.45) is 2.92. The molecule has 0 spiro atoms. The maximum absolute atomic E-state index is 12.5. The molecule has 5 nitrogen and oxygen atoms in total. The number of piperidine rings is 1. The minimum atomic E-state index is -0.527. The molecule has 0 bridgehead atoms. The van der Waals surface area contributed by atoms with E-state index in [2.05, 4.69) is 29.1 Å². The summed E-state index contributed by atoms with van der Waals surface area (Å²) in [4.78, 5) is 14.4. The lowest BCUT2D eigenvalue weighted by atomic mass is 9.90. The maximum atomic E-state index is 12.5. The maximum Gasteiger partial charge on any atom is 0.317 e. The van der Waals surface area contributed by atoms with Crippen LogP contribution in [0.3, 0.4) is 0 Å². The molecule has 0 unspecified atom stereocenters. The van der Waals surface area contributed by atoms with Crippen LogP contribution in [0.5, 0.6) is 0 Å². The predicted octanol–water partition coefficient (Wildman–Crippen LogP) is 2.86. The van der Waals surface area contributed by atoms with Gasteiger partial charge in [0.2, 0.25) is 0 Å². The van der Waals surface area contributed by atoms with Crippen LogP contribution < -0.4 is 5.32 Å². The summed E-state index contributed by atoms with van der Waals surface area (Å²) in [5.74, 6) is -0.280. The first-order valence-electron chi connectivity index (χ1n) is 8.41. The van der Waals surface area contributed by atoms with E-state index in [-0.39, 0.29) is 18.0 Å². The highest BCUT2D eigenvalue weighted by molar-refractivity contribution is 7.07. The third-order valence-electron chi connectivity index (χ3n) is 4.80. The average Bonchev–Trinajstić information content (AvgIpc) is 3.20. The van der Waals surface area contributed by atoms with Crippen molar-refractivity contribution in [3.63, 3.8) is 0 Å². The molecule has 1 aromatic heterocycles. The Morgan fingerprint density at radius 2 is 2.30 bits per heavy atom. The summed E-state index contributed by atoms with van der Waals surface area (Å²) in [5.41, 5.74) is 1.28. The number of hydrogen-bond acceptors (Lipinski definition) is 4. The zero-order chi connectivity index (χ0) is 16.3. The van der Waals surface area contributed by atoms with Gasteiger partial charge in [-0.3, -0.25) is 0 Å². The van der Waals surface area contributed by atoms with Crippen LogP contribution in [0.2, 0.25) is 0 Å². The number of ether oxygens (including phenoxy) is 2. The van der Waals surface area contributed by atoms with Crippen LogP contribution in [0.4, 0.5) is 4.79 Å². The molecule has 2 saturated heterocycles. The molecule has 2 atom stereocenters. The van der Waals surface area contributed by atoms with Crippen molar-refractivity contribution in [2.45, 2.75) is 44.9 Å². The Balaban J connectivity index is 1.52. The van der Waals surface area contributed by atoms with Crippen LogP contribution in [0.25, 0.3) is 0 Å². The van der Waals surface area contributed by atoms with Crippen LogP contribution >= 0.6 is 11.3 Å². The lowest BCUT2D eigenvalue weighted by Crippen LogP contribution is -2.52. The first kappa shape index (κ1) is 16.7. The number of rotatable bonds is 4. The lowest BCUT2D eigenvalue weighted by Gasteiger charge is -2.40. The Morgan fingerprint density at radius 1 is 1.52 bits per heavy atom. The fourth-order valence-electron chi connectivity index (χ4n) is 3.47. The molecule has 1 aromatic rings. The Kier molecular flexibility index (Phi) is 5.24. The van der Waals surface area contributed by atoms with Crippen LogP contribution in [-0.4, -0.2) is 49.1 Å². The van der Waals surface area contributed by atoms with Gasteiger partial charge in [0.05, 0.1) is 13.2 Å². The molecule has 2 aliphatic rings. The van der Waals surface area contributed by atoms with Gasteiger partial charge in [0, 0.05) is 25.0 Å². The van der Waals surface area contributed by atoms with Gasteiger partial charge >= 0.3 is 6.03 Å². The standard InChI is InChI=1S/C17H26N2O3S/c1-13(10-14-5-9-23-12-14)18-16(20)19-6-3-4-15(11-19)17(2)21-7-8-22-17/h5,9,12-13,15H,3-4,6-8,10-11H2,1-2H3,(H,18,20)/t13-,15-/m1/s1. The zero-order valence-corrected chi connectivity index (χ0v) is 14.7. The number of carbonyl (C=O) groups excluding carboxylic acids is 1. The largest absolute Gasteiger partial charge is 0.347 e. The molecule has 6 heteroatoms. The van der Waals surface area contributed by atoms with Gasteiger partial charge in [-0.1, -0.05) is 0 Å². The summed E-state index contributed by atoms with van der Waals surface area (Å²) in [5, 5.41) is 7.33. The molecule has 0 aromatic carbocycles. The Hall–Kier alpha value is -1.11. The second-order valence-electron chi connectivity index (χ2n) is 6.68. The monoisotopic (exact) mass is 338 g/mol. The fourth-order valence-corrected chi connectivity index (χ4v) is 4.15. The third kappa shape index (κ3) is 4.05. The van der Waals surface area contributed by atoms with Gasteiger partial charge in [-0.25, -0.2) is 4.79 Å². The van der Waals surface area contributed by atoms with Gasteiger partial charge in [0.1, 0.15) is 0 Å². The van der Waals surface area contributed by atoms with Crippen molar-refractivity contribution >= 4 is 17.4 Å². The zero-order valence-electron chi connectivity index (χ0n) is 13.9. The van der Waals surface area contributed by atoms with E-state index in [0.29, 0.717) is 19.8 Å². The number of hydrogen-bond donors (Lipinski definition) is 1. The first-order chi connectivity index (χ1) is 11.1. The predicted molar refractivity (Wildman–Crippen MR) is 90.6 cm³/mol. The SMILES string of the molecule is C[C@H](Cc1ccsc1)NC(=O)N1CCC[C@@H](C2(C)OCCO2)C1. The molecule has 0 radical (unpaired) electrons. The fraction of sp³-hybridized carbons (Fsp3) is 0.706. The van der Waals surface area contributed by atoms with Crippen LogP contribution in [0, 0.1) is 5.92 Å². The summed E-state index contributed by atoms with van der Waals surface area (Å²) in [6.45, 7) is 6.87. The van der Waals surface area contributed by atoms with Gasteiger partial charge in [-0.05, 0) is 55.5 Å². The number of likely N-dealkylation sites (tertiary alicyclic amines) is 1. The lowest BCUT2D eigenvalue weighted by molar-refractivity contribution is -0.189. The molecule has 2 aliphatic heterocycles. The molecule has 128 valence electrons. The van der Waals surface area contributed by atoms with E-state index >= 15 is 0 Å². The van der Waals surface area contributed by atoms with Gasteiger partial charge in [-0.15, -0.1) is 0 Å². The Labute approximate surface area is 142 Å². The summed E-state index contributed by atoms with van der Waals surface area (Å²) in [7, 11) is 0. The number of urea groups is 1. The van der Waals surface area contributed by atoms with E-state index in [0.717, 1.165) is 25.8 Å². The minimum Gasteiger partial charge on any atom is -0.347 e. The van der Waals surface area contributed by atoms with Gasteiger partial charge < -0.3 is 19.7 Å². The highest BCUT2D eigenvalue weighted by Crippen LogP contribution is 2.34. The number of carbonyl (C=O) groups is 1.